The van der Waals surface area contributed by atoms with Crippen LogP contribution in [0.3, 0.4) is 0 Å². The van der Waals surface area contributed by atoms with Gasteiger partial charge >= 0.3 is 0 Å². The summed E-state index contributed by atoms with van der Waals surface area (Å²) in [6, 6.07) is 6.43. The molecule has 3 nitrogen and oxygen atoms in total. The molecule has 1 rings (SSSR count). The lowest BCUT2D eigenvalue weighted by Crippen LogP contribution is -2.37. The van der Waals surface area contributed by atoms with Crippen LogP contribution in [0.4, 0.5) is 4.39 Å². The van der Waals surface area contributed by atoms with E-state index in [1.165, 1.54) is 6.07 Å². The van der Waals surface area contributed by atoms with E-state index in [0.29, 0.717) is 17.7 Å². The number of thioether (sulfide) groups is 1. The minimum absolute atomic E-state index is 0.0834. The number of nitriles is 1. The average molecular weight is 268 g/mol. The molecule has 98 valence electrons. The molecular weight excluding hydrogens is 251 g/mol. The van der Waals surface area contributed by atoms with Crippen LogP contribution in [-0.2, 0) is 6.54 Å². The zero-order chi connectivity index (χ0) is 13.5. The van der Waals surface area contributed by atoms with Crippen LogP contribution in [0.2, 0.25) is 0 Å². The molecule has 18 heavy (non-hydrogen) atoms. The largest absolute Gasteiger partial charge is 0.395 e. The van der Waals surface area contributed by atoms with Crippen LogP contribution in [0, 0.1) is 17.1 Å². The Morgan fingerprint density at radius 2 is 2.28 bits per heavy atom. The van der Waals surface area contributed by atoms with Gasteiger partial charge in [-0.1, -0.05) is 6.07 Å². The second-order valence-electron chi connectivity index (χ2n) is 4.04. The molecule has 0 saturated carbocycles. The van der Waals surface area contributed by atoms with Crippen molar-refractivity contribution in [3.05, 3.63) is 35.1 Å². The summed E-state index contributed by atoms with van der Waals surface area (Å²) in [4.78, 5) is 0. The van der Waals surface area contributed by atoms with Gasteiger partial charge in [0, 0.05) is 23.4 Å². The highest BCUT2D eigenvalue weighted by atomic mass is 32.2. The van der Waals surface area contributed by atoms with E-state index in [1.807, 2.05) is 19.2 Å². The minimum atomic E-state index is -0.376. The number of aliphatic hydroxyl groups is 1. The lowest BCUT2D eigenvalue weighted by atomic mass is 10.1. The number of halogens is 1. The second kappa shape index (κ2) is 7.37. The van der Waals surface area contributed by atoms with Crippen molar-refractivity contribution in [2.24, 2.45) is 0 Å². The summed E-state index contributed by atoms with van der Waals surface area (Å²) < 4.78 is 13.6. The molecule has 0 aliphatic heterocycles. The maximum Gasteiger partial charge on any atom is 0.129 e. The molecule has 0 fully saturated rings. The SMILES string of the molecule is CSC(CO)C(C)NCc1ccc(C#N)cc1F. The minimum Gasteiger partial charge on any atom is -0.395 e. The van der Waals surface area contributed by atoms with Crippen molar-refractivity contribution in [2.45, 2.75) is 24.8 Å². The molecule has 0 aliphatic carbocycles. The van der Waals surface area contributed by atoms with Crippen molar-refractivity contribution < 1.29 is 9.50 Å². The Balaban J connectivity index is 2.61. The van der Waals surface area contributed by atoms with Gasteiger partial charge in [0.1, 0.15) is 5.82 Å². The Bertz CT molecular complexity index is 429. The van der Waals surface area contributed by atoms with E-state index < -0.39 is 0 Å². The molecule has 0 bridgehead atoms. The summed E-state index contributed by atoms with van der Waals surface area (Å²) in [7, 11) is 0. The van der Waals surface area contributed by atoms with E-state index in [4.69, 9.17) is 10.4 Å². The number of nitrogens with one attached hydrogen (secondary N) is 1. The van der Waals surface area contributed by atoms with Crippen LogP contribution in [0.15, 0.2) is 18.2 Å². The Kier molecular flexibility index (Phi) is 6.13. The van der Waals surface area contributed by atoms with Crippen LogP contribution in [-0.4, -0.2) is 29.3 Å². The summed E-state index contributed by atoms with van der Waals surface area (Å²) in [6.45, 7) is 2.43. The lowest BCUT2D eigenvalue weighted by molar-refractivity contribution is 0.275. The standard InChI is InChI=1S/C13H17FN2OS/c1-9(13(8-17)18-2)16-7-11-4-3-10(6-15)5-12(11)14/h3-5,9,13,16-17H,7-8H2,1-2H3. The normalized spacial score (nSPS) is 13.9. The molecule has 1 aromatic carbocycles. The third-order valence-electron chi connectivity index (χ3n) is 2.84. The van der Waals surface area contributed by atoms with Gasteiger partial charge < -0.3 is 10.4 Å². The highest BCUT2D eigenvalue weighted by molar-refractivity contribution is 7.99. The fourth-order valence-corrected chi connectivity index (χ4v) is 2.25. The van der Waals surface area contributed by atoms with Crippen molar-refractivity contribution in [2.75, 3.05) is 12.9 Å². The maximum absolute atomic E-state index is 13.6. The Hall–Kier alpha value is -1.09. The Labute approximate surface area is 111 Å². The number of rotatable bonds is 6. The first kappa shape index (κ1) is 15.0. The van der Waals surface area contributed by atoms with E-state index in [9.17, 15) is 4.39 Å². The monoisotopic (exact) mass is 268 g/mol. The molecule has 5 heteroatoms. The molecule has 0 heterocycles. The van der Waals surface area contributed by atoms with E-state index in [1.54, 1.807) is 23.9 Å². The molecule has 2 atom stereocenters. The summed E-state index contributed by atoms with van der Waals surface area (Å²) in [5.41, 5.74) is 0.847. The first-order valence-electron chi connectivity index (χ1n) is 5.68. The topological polar surface area (TPSA) is 56.0 Å². The molecule has 2 N–H and O–H groups in total. The van der Waals surface area contributed by atoms with E-state index in [-0.39, 0.29) is 23.7 Å². The summed E-state index contributed by atoms with van der Waals surface area (Å²) in [6.07, 6.45) is 1.93. The van der Waals surface area contributed by atoms with Gasteiger partial charge in [-0.25, -0.2) is 4.39 Å². The third kappa shape index (κ3) is 3.98. The summed E-state index contributed by atoms with van der Waals surface area (Å²) in [5, 5.41) is 21.1. The summed E-state index contributed by atoms with van der Waals surface area (Å²) >= 11 is 1.57. The first-order valence-corrected chi connectivity index (χ1v) is 6.96. The van der Waals surface area contributed by atoms with Gasteiger partial charge in [-0.3, -0.25) is 0 Å². The van der Waals surface area contributed by atoms with E-state index in [0.717, 1.165) is 0 Å². The fourth-order valence-electron chi connectivity index (χ4n) is 1.60. The van der Waals surface area contributed by atoms with Gasteiger partial charge in [0.15, 0.2) is 0 Å². The van der Waals surface area contributed by atoms with Gasteiger partial charge in [0.25, 0.3) is 0 Å². The number of nitrogens with zero attached hydrogens (tertiary/aromatic N) is 1. The fraction of sp³-hybridized carbons (Fsp3) is 0.462. The molecule has 0 radical (unpaired) electrons. The number of hydrogen-bond acceptors (Lipinski definition) is 4. The third-order valence-corrected chi connectivity index (χ3v) is 4.00. The smallest absolute Gasteiger partial charge is 0.129 e. The van der Waals surface area contributed by atoms with Crippen molar-refractivity contribution in [1.29, 1.82) is 5.26 Å². The molecular formula is C13H17FN2OS. The Morgan fingerprint density at radius 1 is 1.56 bits per heavy atom. The molecule has 0 amide bonds. The van der Waals surface area contributed by atoms with Gasteiger partial charge in [0.2, 0.25) is 0 Å². The van der Waals surface area contributed by atoms with Crippen LogP contribution >= 0.6 is 11.8 Å². The predicted molar refractivity (Wildman–Crippen MR) is 71.8 cm³/mol. The second-order valence-corrected chi connectivity index (χ2v) is 5.12. The number of benzene rings is 1. The maximum atomic E-state index is 13.6. The van der Waals surface area contributed by atoms with E-state index >= 15 is 0 Å². The van der Waals surface area contributed by atoms with Crippen molar-refractivity contribution in [3.8, 4) is 6.07 Å². The zero-order valence-electron chi connectivity index (χ0n) is 10.5. The highest BCUT2D eigenvalue weighted by Crippen LogP contribution is 2.13. The predicted octanol–water partition coefficient (Wildman–Crippen LogP) is 1.90. The van der Waals surface area contributed by atoms with Gasteiger partial charge in [-0.15, -0.1) is 0 Å². The van der Waals surface area contributed by atoms with Crippen LogP contribution in [0.25, 0.3) is 0 Å². The number of aliphatic hydroxyl groups excluding tert-OH is 1. The van der Waals surface area contributed by atoms with Crippen LogP contribution < -0.4 is 5.32 Å². The van der Waals surface area contributed by atoms with Crippen molar-refractivity contribution in [3.63, 3.8) is 0 Å². The number of hydrogen-bond donors (Lipinski definition) is 2. The molecule has 0 spiro atoms. The Morgan fingerprint density at radius 3 is 2.78 bits per heavy atom. The summed E-state index contributed by atoms with van der Waals surface area (Å²) in [5.74, 6) is -0.376. The molecule has 1 aromatic rings. The molecule has 0 aliphatic rings. The highest BCUT2D eigenvalue weighted by Gasteiger charge is 2.15. The van der Waals surface area contributed by atoms with Crippen molar-refractivity contribution >= 4 is 11.8 Å². The average Bonchev–Trinajstić information content (AvgIpc) is 2.38. The van der Waals surface area contributed by atoms with Gasteiger partial charge in [-0.2, -0.15) is 17.0 Å². The van der Waals surface area contributed by atoms with E-state index in [2.05, 4.69) is 5.32 Å². The van der Waals surface area contributed by atoms with Crippen LogP contribution in [0.1, 0.15) is 18.1 Å². The lowest BCUT2D eigenvalue weighted by Gasteiger charge is -2.21. The molecule has 2 unspecified atom stereocenters. The molecule has 0 saturated heterocycles. The first-order chi connectivity index (χ1) is 8.62. The van der Waals surface area contributed by atoms with Crippen molar-refractivity contribution in [1.82, 2.24) is 5.32 Å². The van der Waals surface area contributed by atoms with Gasteiger partial charge in [-0.05, 0) is 25.3 Å². The quantitative estimate of drug-likeness (QED) is 0.827. The zero-order valence-corrected chi connectivity index (χ0v) is 11.3. The van der Waals surface area contributed by atoms with Crippen LogP contribution in [0.5, 0.6) is 0 Å². The molecule has 0 aromatic heterocycles. The van der Waals surface area contributed by atoms with Gasteiger partial charge in [0.05, 0.1) is 18.2 Å².